The summed E-state index contributed by atoms with van der Waals surface area (Å²) in [6, 6.07) is 17.6. The molecule has 0 radical (unpaired) electrons. The highest BCUT2D eigenvalue weighted by Crippen LogP contribution is 2.42. The molecule has 1 fully saturated rings. The molecule has 0 saturated carbocycles. The fraction of sp³-hybridized carbons (Fsp3) is 0.306. The van der Waals surface area contributed by atoms with E-state index in [-0.39, 0.29) is 41.7 Å². The number of benzene rings is 2. The van der Waals surface area contributed by atoms with E-state index < -0.39 is 46.9 Å². The van der Waals surface area contributed by atoms with Crippen LogP contribution in [0.4, 0.5) is 5.13 Å². The fourth-order valence-corrected chi connectivity index (χ4v) is 7.23. The van der Waals surface area contributed by atoms with E-state index >= 15 is 0 Å². The highest BCUT2D eigenvalue weighted by atomic mass is 32.2. The summed E-state index contributed by atoms with van der Waals surface area (Å²) >= 11 is 2.42. The van der Waals surface area contributed by atoms with Gasteiger partial charge in [-0.3, -0.25) is 24.1 Å². The first-order valence-electron chi connectivity index (χ1n) is 16.0. The second-order valence-electron chi connectivity index (χ2n) is 12.3. The molecule has 5 rings (SSSR count). The summed E-state index contributed by atoms with van der Waals surface area (Å²) < 4.78 is 11.4. The highest BCUT2D eigenvalue weighted by Gasteiger charge is 2.54. The van der Waals surface area contributed by atoms with E-state index in [2.05, 4.69) is 27.4 Å². The number of amides is 3. The number of hydrogen-bond donors (Lipinski definition) is 2. The van der Waals surface area contributed by atoms with Crippen molar-refractivity contribution in [3.63, 3.8) is 0 Å². The number of oxime groups is 1. The number of carbonyl (C=O) groups excluding carboxylic acids is 5. The summed E-state index contributed by atoms with van der Waals surface area (Å²) in [7, 11) is 0. The normalized spacial score (nSPS) is 17.2. The molecule has 1 saturated heterocycles. The van der Waals surface area contributed by atoms with Crippen molar-refractivity contribution in [3.8, 4) is 0 Å². The summed E-state index contributed by atoms with van der Waals surface area (Å²) in [5, 5.41) is 10.2. The molecule has 1 unspecified atom stereocenters. The van der Waals surface area contributed by atoms with Crippen LogP contribution < -0.4 is 10.6 Å². The molecule has 0 aliphatic carbocycles. The number of ether oxygens (including phenoxy) is 2. The molecular weight excluding hydrogens is 695 g/mol. The van der Waals surface area contributed by atoms with Gasteiger partial charge in [0.1, 0.15) is 35.0 Å². The second-order valence-corrected chi connectivity index (χ2v) is 14.3. The summed E-state index contributed by atoms with van der Waals surface area (Å²) in [5.41, 5.74) is 1.33. The van der Waals surface area contributed by atoms with E-state index in [1.54, 1.807) is 20.8 Å². The second kappa shape index (κ2) is 16.6. The van der Waals surface area contributed by atoms with Crippen LogP contribution in [0.1, 0.15) is 56.5 Å². The fourth-order valence-electron chi connectivity index (χ4n) is 5.23. The number of esters is 2. The molecule has 1 aromatic heterocycles. The number of β-lactam (4-membered cyclic amide) rings is 1. The number of carbonyl (C=O) groups is 5. The van der Waals surface area contributed by atoms with Crippen LogP contribution in [0.3, 0.4) is 0 Å². The van der Waals surface area contributed by atoms with Gasteiger partial charge in [0.15, 0.2) is 16.9 Å². The van der Waals surface area contributed by atoms with Crippen molar-refractivity contribution in [1.82, 2.24) is 15.2 Å². The number of aromatic nitrogens is 1. The number of thioether (sulfide) groups is 1. The van der Waals surface area contributed by atoms with Crippen LogP contribution in [0.25, 0.3) is 0 Å². The zero-order chi connectivity index (χ0) is 36.5. The van der Waals surface area contributed by atoms with Crippen LogP contribution >= 0.6 is 23.1 Å². The Balaban J connectivity index is 1.31. The molecule has 0 spiro atoms. The van der Waals surface area contributed by atoms with Crippen molar-refractivity contribution in [3.05, 3.63) is 107 Å². The maximum atomic E-state index is 13.9. The average Bonchev–Trinajstić information content (AvgIpc) is 3.58. The largest absolute Gasteiger partial charge is 0.460 e. The van der Waals surface area contributed by atoms with Gasteiger partial charge in [0.25, 0.3) is 11.8 Å². The number of allylic oxidation sites excluding steroid dienone is 1. The van der Waals surface area contributed by atoms with E-state index in [1.165, 1.54) is 28.1 Å². The van der Waals surface area contributed by atoms with Crippen molar-refractivity contribution in [1.29, 1.82) is 0 Å². The molecular formula is C36H37N5O8S2. The molecule has 51 heavy (non-hydrogen) atoms. The lowest BCUT2D eigenvalue weighted by Crippen LogP contribution is -2.71. The average molecular weight is 732 g/mol. The molecule has 3 heterocycles. The first-order valence-corrected chi connectivity index (χ1v) is 17.9. The van der Waals surface area contributed by atoms with Gasteiger partial charge in [0.2, 0.25) is 6.41 Å². The maximum Gasteiger partial charge on any atom is 0.356 e. The number of nitrogens with zero attached hydrogens (tertiary/aromatic N) is 3. The van der Waals surface area contributed by atoms with Gasteiger partial charge in [0, 0.05) is 17.6 Å². The standard InChI is InChI=1S/C36H37N5O8S2/c1-5-22-19-50-33-28(32(45)41(33)29(22)34(46)48-30(23-13-8-6-9-14-23)24-15-10-7-11-16-24)39-31(44)27(25-20-51-35(38-25)37-21-42)40-47-18-12-17-26(43)49-36(2,3)4/h5-11,13-16,20-21,28,30,33H,1,12,17-19H2,2-4H3,(H,39,44)(H,37,38,42)/b40-27+/t28?,33-/m1/s1. The van der Waals surface area contributed by atoms with Gasteiger partial charge in [-0.25, -0.2) is 9.78 Å². The first-order chi connectivity index (χ1) is 24.5. The molecule has 2 aromatic carbocycles. The molecule has 13 nitrogen and oxygen atoms in total. The Morgan fingerprint density at radius 2 is 1.76 bits per heavy atom. The van der Waals surface area contributed by atoms with Crippen molar-refractivity contribution < 1.29 is 38.3 Å². The summed E-state index contributed by atoms with van der Waals surface area (Å²) in [6.07, 6.45) is 1.58. The Morgan fingerprint density at radius 3 is 2.37 bits per heavy atom. The van der Waals surface area contributed by atoms with Crippen LogP contribution in [0.15, 0.2) is 95.1 Å². The summed E-state index contributed by atoms with van der Waals surface area (Å²) in [6.45, 7) is 9.15. The predicted octanol–water partition coefficient (Wildman–Crippen LogP) is 4.73. The molecule has 266 valence electrons. The Kier molecular flexibility index (Phi) is 12.1. The molecule has 2 aliphatic heterocycles. The van der Waals surface area contributed by atoms with Gasteiger partial charge >= 0.3 is 11.9 Å². The van der Waals surface area contributed by atoms with Gasteiger partial charge in [-0.05, 0) is 43.9 Å². The lowest BCUT2D eigenvalue weighted by Gasteiger charge is -2.49. The molecule has 3 amide bonds. The van der Waals surface area contributed by atoms with Crippen molar-refractivity contribution in [2.24, 2.45) is 5.16 Å². The van der Waals surface area contributed by atoms with Crippen molar-refractivity contribution in [2.45, 2.75) is 56.7 Å². The SMILES string of the molecule is C=CC1=C(C(=O)OC(c2ccccc2)c2ccccc2)N2C(=O)C(NC(=O)/C(=N/OCCCC(=O)OC(C)(C)C)c3csc(NC=O)n3)[C@H]2SC1. The summed E-state index contributed by atoms with van der Waals surface area (Å²) in [4.78, 5) is 75.2. The van der Waals surface area contributed by atoms with Crippen LogP contribution in [-0.4, -0.2) is 75.1 Å². The van der Waals surface area contributed by atoms with E-state index in [1.807, 2.05) is 60.7 Å². The Hall–Kier alpha value is -5.28. The lowest BCUT2D eigenvalue weighted by molar-refractivity contribution is -0.155. The predicted molar refractivity (Wildman–Crippen MR) is 192 cm³/mol. The first kappa shape index (κ1) is 37.0. The third-order valence-electron chi connectivity index (χ3n) is 7.49. The van der Waals surface area contributed by atoms with Gasteiger partial charge in [-0.15, -0.1) is 23.1 Å². The molecule has 2 N–H and O–H groups in total. The number of nitrogens with one attached hydrogen (secondary N) is 2. The Labute approximate surface area is 303 Å². The zero-order valence-electron chi connectivity index (χ0n) is 28.2. The van der Waals surface area contributed by atoms with Crippen LogP contribution in [-0.2, 0) is 38.3 Å². The van der Waals surface area contributed by atoms with Crippen LogP contribution in [0.5, 0.6) is 0 Å². The van der Waals surface area contributed by atoms with Crippen molar-refractivity contribution in [2.75, 3.05) is 17.7 Å². The van der Waals surface area contributed by atoms with Gasteiger partial charge in [0.05, 0.1) is 0 Å². The third kappa shape index (κ3) is 9.10. The monoisotopic (exact) mass is 731 g/mol. The van der Waals surface area contributed by atoms with E-state index in [0.29, 0.717) is 17.7 Å². The van der Waals surface area contributed by atoms with E-state index in [0.717, 1.165) is 22.5 Å². The van der Waals surface area contributed by atoms with Gasteiger partial charge in [-0.1, -0.05) is 78.5 Å². The molecule has 3 aromatic rings. The Bertz CT molecular complexity index is 1800. The molecule has 2 aliphatic rings. The minimum atomic E-state index is -1.01. The molecule has 2 atom stereocenters. The number of hydrogen-bond acceptors (Lipinski definition) is 12. The number of rotatable bonds is 15. The smallest absolute Gasteiger partial charge is 0.356 e. The van der Waals surface area contributed by atoms with Gasteiger partial charge in [-0.2, -0.15) is 0 Å². The Morgan fingerprint density at radius 1 is 1.10 bits per heavy atom. The zero-order valence-corrected chi connectivity index (χ0v) is 29.8. The minimum absolute atomic E-state index is 0.0121. The quantitative estimate of drug-likeness (QED) is 0.0558. The molecule has 15 heteroatoms. The van der Waals surface area contributed by atoms with Crippen molar-refractivity contribution >= 4 is 64.1 Å². The van der Waals surface area contributed by atoms with Crippen LogP contribution in [0, 0.1) is 0 Å². The molecule has 0 bridgehead atoms. The van der Waals surface area contributed by atoms with E-state index in [9.17, 15) is 24.0 Å². The number of fused-ring (bicyclic) bond motifs is 1. The minimum Gasteiger partial charge on any atom is -0.460 e. The van der Waals surface area contributed by atoms with Crippen LogP contribution in [0.2, 0.25) is 0 Å². The van der Waals surface area contributed by atoms with Gasteiger partial charge < -0.3 is 24.9 Å². The van der Waals surface area contributed by atoms with E-state index in [4.69, 9.17) is 14.3 Å². The number of thiazole rings is 1. The third-order valence-corrected chi connectivity index (χ3v) is 9.57. The topological polar surface area (TPSA) is 166 Å². The lowest BCUT2D eigenvalue weighted by atomic mass is 10.0. The number of anilines is 1. The maximum absolute atomic E-state index is 13.9. The summed E-state index contributed by atoms with van der Waals surface area (Å²) in [5.74, 6) is -2.06. The highest BCUT2D eigenvalue weighted by molar-refractivity contribution is 8.00.